The number of aromatic hydroxyl groups is 2. The lowest BCUT2D eigenvalue weighted by Crippen LogP contribution is -2.48. The molecule has 2 heteroatoms. The van der Waals surface area contributed by atoms with Crippen molar-refractivity contribution < 1.29 is 10.2 Å². The highest BCUT2D eigenvalue weighted by Crippen LogP contribution is 2.62. The highest BCUT2D eigenvalue weighted by Gasteiger charge is 2.52. The number of phenols is 2. The molecule has 0 aliphatic heterocycles. The molecule has 4 aliphatic carbocycles. The average Bonchev–Trinajstić information content (AvgIpc) is 3.02. The Morgan fingerprint density at radius 3 is 2.22 bits per heavy atom. The minimum Gasteiger partial charge on any atom is -0.507 e. The van der Waals surface area contributed by atoms with E-state index in [1.807, 2.05) is 6.92 Å². The van der Waals surface area contributed by atoms with Gasteiger partial charge < -0.3 is 10.2 Å². The maximum Gasteiger partial charge on any atom is 0.126 e. The second-order valence-electron chi connectivity index (χ2n) is 15.4. The molecule has 0 spiro atoms. The van der Waals surface area contributed by atoms with Crippen molar-refractivity contribution in [3.63, 3.8) is 0 Å². The van der Waals surface area contributed by atoms with Crippen LogP contribution in [0.25, 0.3) is 6.08 Å². The van der Waals surface area contributed by atoms with E-state index in [4.69, 9.17) is 0 Å². The van der Waals surface area contributed by atoms with Crippen molar-refractivity contribution in [2.75, 3.05) is 0 Å². The number of rotatable bonds is 12. The SMILES string of the molecule is CCc1cc(C)c(O)c(CC(CC)C(C)c2ccccc2CCCC=Cc2cc(C)cc(C34CC5CC(CC(C5)C3)C4)c2O)c1. The Hall–Kier alpha value is -3.00. The molecule has 0 aromatic heterocycles. The van der Waals surface area contributed by atoms with E-state index in [2.05, 4.69) is 88.4 Å². The number of benzene rings is 3. The van der Waals surface area contributed by atoms with Crippen LogP contribution in [-0.2, 0) is 24.7 Å². The van der Waals surface area contributed by atoms with E-state index in [9.17, 15) is 10.2 Å². The summed E-state index contributed by atoms with van der Waals surface area (Å²) in [6, 6.07) is 17.8. The standard InChI is InChI=1S/C43H56O2/c1-6-31-19-29(4)41(44)38(23-31)24-35(7-2)30(5)39-16-12-11-14-36(39)13-9-8-10-15-37-17-28(3)18-40(42(37)45)43-25-32-20-33(26-43)22-34(21-32)27-43/h10-12,14-19,23,30,32-35,44-45H,6-9,13,20-22,24-27H2,1-5H3. The van der Waals surface area contributed by atoms with Gasteiger partial charge in [0.15, 0.2) is 0 Å². The maximum absolute atomic E-state index is 11.6. The van der Waals surface area contributed by atoms with Gasteiger partial charge in [-0.3, -0.25) is 0 Å². The van der Waals surface area contributed by atoms with Crippen molar-refractivity contribution in [3.8, 4) is 11.5 Å². The van der Waals surface area contributed by atoms with E-state index in [1.165, 1.54) is 66.3 Å². The molecule has 3 aromatic carbocycles. The van der Waals surface area contributed by atoms with Gasteiger partial charge in [0, 0.05) is 11.1 Å². The Kier molecular flexibility index (Phi) is 9.51. The summed E-state index contributed by atoms with van der Waals surface area (Å²) < 4.78 is 0. The van der Waals surface area contributed by atoms with Gasteiger partial charge in [-0.05, 0) is 159 Å². The highest BCUT2D eigenvalue weighted by atomic mass is 16.3. The van der Waals surface area contributed by atoms with Crippen molar-refractivity contribution in [1.29, 1.82) is 0 Å². The molecule has 0 heterocycles. The monoisotopic (exact) mass is 604 g/mol. The molecule has 4 bridgehead atoms. The molecular weight excluding hydrogens is 548 g/mol. The molecule has 7 rings (SSSR count). The Morgan fingerprint density at radius 2 is 1.56 bits per heavy atom. The van der Waals surface area contributed by atoms with Crippen LogP contribution < -0.4 is 0 Å². The van der Waals surface area contributed by atoms with Gasteiger partial charge in [-0.2, -0.15) is 0 Å². The van der Waals surface area contributed by atoms with E-state index in [1.54, 1.807) is 0 Å². The van der Waals surface area contributed by atoms with Crippen LogP contribution in [0.4, 0.5) is 0 Å². The number of hydrogen-bond donors (Lipinski definition) is 2. The van der Waals surface area contributed by atoms with Gasteiger partial charge in [-0.25, -0.2) is 0 Å². The van der Waals surface area contributed by atoms with Crippen LogP contribution in [-0.4, -0.2) is 10.2 Å². The molecule has 4 fully saturated rings. The molecule has 0 amide bonds. The van der Waals surface area contributed by atoms with Crippen molar-refractivity contribution >= 4 is 6.08 Å². The zero-order valence-corrected chi connectivity index (χ0v) is 28.5. The fourth-order valence-electron chi connectivity index (χ4n) is 10.1. The topological polar surface area (TPSA) is 40.5 Å². The molecule has 45 heavy (non-hydrogen) atoms. The largest absolute Gasteiger partial charge is 0.507 e. The third-order valence-corrected chi connectivity index (χ3v) is 12.1. The number of hydrogen-bond acceptors (Lipinski definition) is 2. The van der Waals surface area contributed by atoms with E-state index in [0.29, 0.717) is 23.3 Å². The molecule has 0 radical (unpaired) electrons. The van der Waals surface area contributed by atoms with Gasteiger partial charge in [-0.15, -0.1) is 0 Å². The number of allylic oxidation sites excluding steroid dienone is 1. The summed E-state index contributed by atoms with van der Waals surface area (Å²) in [5.41, 5.74) is 10.0. The van der Waals surface area contributed by atoms with Crippen LogP contribution in [0.15, 0.2) is 54.6 Å². The summed E-state index contributed by atoms with van der Waals surface area (Å²) in [5.74, 6) is 4.53. The first kappa shape index (κ1) is 32.0. The number of unbranched alkanes of at least 4 members (excludes halogenated alkanes) is 1. The van der Waals surface area contributed by atoms with Gasteiger partial charge in [-0.1, -0.05) is 81.8 Å². The predicted molar refractivity (Wildman–Crippen MR) is 189 cm³/mol. The van der Waals surface area contributed by atoms with Gasteiger partial charge in [0.05, 0.1) is 0 Å². The van der Waals surface area contributed by atoms with Gasteiger partial charge in [0.1, 0.15) is 11.5 Å². The van der Waals surface area contributed by atoms with Gasteiger partial charge >= 0.3 is 0 Å². The quantitative estimate of drug-likeness (QED) is 0.202. The first-order chi connectivity index (χ1) is 21.7. The molecule has 0 saturated heterocycles. The smallest absolute Gasteiger partial charge is 0.126 e. The number of phenolic OH excluding ortho intramolecular Hbond substituents is 2. The summed E-state index contributed by atoms with van der Waals surface area (Å²) in [7, 11) is 0. The van der Waals surface area contributed by atoms with Crippen molar-refractivity contribution in [1.82, 2.24) is 0 Å². The first-order valence-electron chi connectivity index (χ1n) is 18.1. The molecule has 3 aromatic rings. The van der Waals surface area contributed by atoms with Crippen LogP contribution in [0.5, 0.6) is 11.5 Å². The number of aryl methyl sites for hydroxylation is 4. The van der Waals surface area contributed by atoms with Crippen molar-refractivity contribution in [3.05, 3.63) is 99.1 Å². The summed E-state index contributed by atoms with van der Waals surface area (Å²) >= 11 is 0. The molecular formula is C43H56O2. The van der Waals surface area contributed by atoms with Gasteiger partial charge in [0.2, 0.25) is 0 Å². The van der Waals surface area contributed by atoms with Crippen molar-refractivity contribution in [2.24, 2.45) is 23.7 Å². The molecule has 2 unspecified atom stereocenters. The lowest BCUT2D eigenvalue weighted by atomic mass is 9.48. The molecule has 2 nitrogen and oxygen atoms in total. The molecule has 4 aliphatic rings. The summed E-state index contributed by atoms with van der Waals surface area (Å²) in [6.07, 6.45) is 18.7. The fourth-order valence-corrected chi connectivity index (χ4v) is 10.1. The van der Waals surface area contributed by atoms with E-state index < -0.39 is 0 Å². The zero-order chi connectivity index (χ0) is 31.7. The molecule has 4 saturated carbocycles. The van der Waals surface area contributed by atoms with Crippen LogP contribution in [0.1, 0.15) is 129 Å². The molecule has 2 N–H and O–H groups in total. The second-order valence-corrected chi connectivity index (χ2v) is 15.4. The molecule has 240 valence electrons. The minimum atomic E-state index is 0.209. The minimum absolute atomic E-state index is 0.209. The average molecular weight is 605 g/mol. The van der Waals surface area contributed by atoms with Crippen LogP contribution in [0, 0.1) is 37.5 Å². The Morgan fingerprint density at radius 1 is 0.867 bits per heavy atom. The lowest BCUT2D eigenvalue weighted by Gasteiger charge is -2.57. The van der Waals surface area contributed by atoms with E-state index in [-0.39, 0.29) is 5.41 Å². The van der Waals surface area contributed by atoms with Crippen LogP contribution in [0.3, 0.4) is 0 Å². The summed E-state index contributed by atoms with van der Waals surface area (Å²) in [5, 5.41) is 22.4. The predicted octanol–water partition coefficient (Wildman–Crippen LogP) is 11.2. The normalized spacial score (nSPS) is 25.2. The summed E-state index contributed by atoms with van der Waals surface area (Å²) in [6.45, 7) is 11.1. The Balaban J connectivity index is 1.11. The third-order valence-electron chi connectivity index (χ3n) is 12.1. The Bertz CT molecular complexity index is 1490. The first-order valence-corrected chi connectivity index (χ1v) is 18.1. The third kappa shape index (κ3) is 6.63. The van der Waals surface area contributed by atoms with E-state index in [0.717, 1.165) is 73.0 Å². The van der Waals surface area contributed by atoms with Crippen LogP contribution in [0.2, 0.25) is 0 Å². The summed E-state index contributed by atoms with van der Waals surface area (Å²) in [4.78, 5) is 0. The Labute approximate surface area is 273 Å². The highest BCUT2D eigenvalue weighted by molar-refractivity contribution is 5.62. The maximum atomic E-state index is 11.6. The van der Waals surface area contributed by atoms with E-state index >= 15 is 0 Å². The second kappa shape index (κ2) is 13.4. The lowest BCUT2D eigenvalue weighted by molar-refractivity contribution is -0.00617. The molecule has 2 atom stereocenters. The zero-order valence-electron chi connectivity index (χ0n) is 28.5. The van der Waals surface area contributed by atoms with Crippen molar-refractivity contribution in [2.45, 2.75) is 123 Å². The van der Waals surface area contributed by atoms with Crippen LogP contribution >= 0.6 is 0 Å². The fraction of sp³-hybridized carbons (Fsp3) is 0.535. The van der Waals surface area contributed by atoms with Gasteiger partial charge in [0.25, 0.3) is 0 Å².